The van der Waals surface area contributed by atoms with Gasteiger partial charge in [0.05, 0.1) is 24.1 Å². The summed E-state index contributed by atoms with van der Waals surface area (Å²) in [4.78, 5) is 24.4. The van der Waals surface area contributed by atoms with Crippen LogP contribution in [-0.4, -0.2) is 26.8 Å². The maximum Gasteiger partial charge on any atom is 0.305 e. The number of nitrogens with zero attached hydrogens (tertiary/aromatic N) is 2. The van der Waals surface area contributed by atoms with Gasteiger partial charge < -0.3 is 10.4 Å². The van der Waals surface area contributed by atoms with Gasteiger partial charge in [0.25, 0.3) is 0 Å². The summed E-state index contributed by atoms with van der Waals surface area (Å²) >= 11 is 0. The second kappa shape index (κ2) is 7.84. The van der Waals surface area contributed by atoms with Crippen molar-refractivity contribution in [2.24, 2.45) is 7.05 Å². The Bertz CT molecular complexity index is 1040. The fourth-order valence-corrected chi connectivity index (χ4v) is 3.70. The number of hydrogen-bond acceptors (Lipinski definition) is 3. The predicted molar refractivity (Wildman–Crippen MR) is 108 cm³/mol. The van der Waals surface area contributed by atoms with Gasteiger partial charge >= 0.3 is 5.97 Å². The molecule has 1 amide bonds. The maximum absolute atomic E-state index is 12.9. The average Bonchev–Trinajstić information content (AvgIpc) is 2.91. The molecule has 6 heteroatoms. The normalized spacial score (nSPS) is 13.3. The van der Waals surface area contributed by atoms with Crippen molar-refractivity contribution < 1.29 is 14.7 Å². The summed E-state index contributed by atoms with van der Waals surface area (Å²) in [6, 6.07) is 13.0. The minimum atomic E-state index is -0.958. The number of aliphatic carboxylic acids is 1. The molecule has 0 fully saturated rings. The van der Waals surface area contributed by atoms with Crippen LogP contribution in [0.4, 0.5) is 0 Å². The van der Waals surface area contributed by atoms with E-state index >= 15 is 0 Å². The second-order valence-corrected chi connectivity index (χ2v) is 7.20. The fraction of sp³-hybridized carbons (Fsp3) is 0.318. The van der Waals surface area contributed by atoms with E-state index in [2.05, 4.69) is 10.4 Å². The van der Waals surface area contributed by atoms with Crippen molar-refractivity contribution in [2.75, 3.05) is 0 Å². The summed E-state index contributed by atoms with van der Waals surface area (Å²) in [6.45, 7) is 5.63. The standard InChI is InChI=1S/C22H25N3O3/c1-13(21-14(2)24-25(4)15(21)3)22(28)23-19(12-20(26)27)18-10-9-16-7-5-6-8-17(16)11-18/h5-11,13,19H,12H2,1-4H3,(H,23,28)(H,26,27)/t13?,19-/m0/s1. The van der Waals surface area contributed by atoms with Crippen LogP contribution in [0.2, 0.25) is 0 Å². The molecule has 0 aliphatic heterocycles. The minimum Gasteiger partial charge on any atom is -0.481 e. The Labute approximate surface area is 164 Å². The molecule has 2 aromatic carbocycles. The molecule has 0 aliphatic carbocycles. The molecule has 0 bridgehead atoms. The van der Waals surface area contributed by atoms with E-state index in [0.717, 1.165) is 33.3 Å². The van der Waals surface area contributed by atoms with Crippen molar-refractivity contribution in [1.82, 2.24) is 15.1 Å². The number of rotatable bonds is 6. The summed E-state index contributed by atoms with van der Waals surface area (Å²) in [5.41, 5.74) is 3.40. The molecule has 1 unspecified atom stereocenters. The summed E-state index contributed by atoms with van der Waals surface area (Å²) < 4.78 is 1.76. The van der Waals surface area contributed by atoms with E-state index in [4.69, 9.17) is 0 Å². The topological polar surface area (TPSA) is 84.2 Å². The van der Waals surface area contributed by atoms with Crippen molar-refractivity contribution in [1.29, 1.82) is 0 Å². The van der Waals surface area contributed by atoms with E-state index in [1.807, 2.05) is 70.3 Å². The molecule has 0 radical (unpaired) electrons. The lowest BCUT2D eigenvalue weighted by Gasteiger charge is -2.21. The Balaban J connectivity index is 1.89. The van der Waals surface area contributed by atoms with Gasteiger partial charge in [0, 0.05) is 18.3 Å². The van der Waals surface area contributed by atoms with Crippen molar-refractivity contribution in [3.05, 3.63) is 65.0 Å². The maximum atomic E-state index is 12.9. The van der Waals surface area contributed by atoms with E-state index in [1.165, 1.54) is 0 Å². The lowest BCUT2D eigenvalue weighted by molar-refractivity contribution is -0.137. The predicted octanol–water partition coefficient (Wildman–Crippen LogP) is 3.63. The van der Waals surface area contributed by atoms with Gasteiger partial charge in [-0.15, -0.1) is 0 Å². The number of nitrogens with one attached hydrogen (secondary N) is 1. The summed E-state index contributed by atoms with van der Waals surface area (Å²) in [5, 5.41) is 18.7. The van der Waals surface area contributed by atoms with Gasteiger partial charge in [-0.3, -0.25) is 14.3 Å². The Hall–Kier alpha value is -3.15. The van der Waals surface area contributed by atoms with Gasteiger partial charge in [-0.2, -0.15) is 5.10 Å². The summed E-state index contributed by atoms with van der Waals surface area (Å²) in [7, 11) is 1.85. The first kappa shape index (κ1) is 19.6. The Kier molecular flexibility index (Phi) is 5.49. The van der Waals surface area contributed by atoms with E-state index in [9.17, 15) is 14.7 Å². The SMILES string of the molecule is Cc1nn(C)c(C)c1C(C)C(=O)N[C@@H](CC(=O)O)c1ccc2ccccc2c1. The highest BCUT2D eigenvalue weighted by atomic mass is 16.4. The summed E-state index contributed by atoms with van der Waals surface area (Å²) in [6.07, 6.45) is -0.179. The smallest absolute Gasteiger partial charge is 0.305 e. The second-order valence-electron chi connectivity index (χ2n) is 7.20. The molecule has 2 N–H and O–H groups in total. The van der Waals surface area contributed by atoms with Crippen molar-refractivity contribution in [2.45, 2.75) is 39.2 Å². The van der Waals surface area contributed by atoms with Crippen LogP contribution in [0.25, 0.3) is 10.8 Å². The highest BCUT2D eigenvalue weighted by Gasteiger charge is 2.26. The number of carbonyl (C=O) groups excluding carboxylic acids is 1. The number of fused-ring (bicyclic) bond motifs is 1. The number of hydrogen-bond donors (Lipinski definition) is 2. The van der Waals surface area contributed by atoms with Crippen molar-refractivity contribution in [3.63, 3.8) is 0 Å². The molecule has 1 aromatic heterocycles. The number of carboxylic acid groups (broad SMARTS) is 1. The average molecular weight is 379 g/mol. The number of amides is 1. The molecule has 2 atom stereocenters. The Morgan fingerprint density at radius 2 is 1.82 bits per heavy atom. The van der Waals surface area contributed by atoms with Crippen molar-refractivity contribution in [3.8, 4) is 0 Å². The van der Waals surface area contributed by atoms with Crippen LogP contribution in [0, 0.1) is 13.8 Å². The fourth-order valence-electron chi connectivity index (χ4n) is 3.70. The summed E-state index contributed by atoms with van der Waals surface area (Å²) in [5.74, 6) is -1.59. The molecule has 6 nitrogen and oxygen atoms in total. The zero-order valence-electron chi connectivity index (χ0n) is 16.6. The molecule has 3 rings (SSSR count). The number of aryl methyl sites for hydroxylation is 2. The quantitative estimate of drug-likeness (QED) is 0.685. The number of aromatic nitrogens is 2. The minimum absolute atomic E-state index is 0.179. The highest BCUT2D eigenvalue weighted by Crippen LogP contribution is 2.26. The van der Waals surface area contributed by atoms with Crippen LogP contribution in [-0.2, 0) is 16.6 Å². The van der Waals surface area contributed by atoms with Gasteiger partial charge in [0.15, 0.2) is 0 Å². The molecule has 3 aromatic rings. The third-order valence-electron chi connectivity index (χ3n) is 5.26. The van der Waals surface area contributed by atoms with Crippen LogP contribution in [0.3, 0.4) is 0 Å². The molecule has 146 valence electrons. The van der Waals surface area contributed by atoms with Crippen molar-refractivity contribution >= 4 is 22.6 Å². The highest BCUT2D eigenvalue weighted by molar-refractivity contribution is 5.86. The molecule has 1 heterocycles. The van der Waals surface area contributed by atoms with Gasteiger partial charge in [-0.05, 0) is 43.2 Å². The zero-order valence-corrected chi connectivity index (χ0v) is 16.6. The van der Waals surface area contributed by atoms with Crippen LogP contribution in [0.15, 0.2) is 42.5 Å². The van der Waals surface area contributed by atoms with E-state index in [1.54, 1.807) is 4.68 Å². The van der Waals surface area contributed by atoms with Crippen LogP contribution < -0.4 is 5.32 Å². The Morgan fingerprint density at radius 1 is 1.14 bits per heavy atom. The van der Waals surface area contributed by atoms with E-state index in [0.29, 0.717) is 0 Å². The molecule has 0 saturated heterocycles. The van der Waals surface area contributed by atoms with Crippen LogP contribution >= 0.6 is 0 Å². The third-order valence-corrected chi connectivity index (χ3v) is 5.26. The lowest BCUT2D eigenvalue weighted by Crippen LogP contribution is -2.33. The number of benzene rings is 2. The van der Waals surface area contributed by atoms with Crippen LogP contribution in [0.1, 0.15) is 47.8 Å². The largest absolute Gasteiger partial charge is 0.481 e. The number of carbonyl (C=O) groups is 2. The molecular weight excluding hydrogens is 354 g/mol. The monoisotopic (exact) mass is 379 g/mol. The molecule has 0 aliphatic rings. The van der Waals surface area contributed by atoms with Gasteiger partial charge in [-0.25, -0.2) is 0 Å². The first-order chi connectivity index (χ1) is 13.3. The van der Waals surface area contributed by atoms with E-state index in [-0.39, 0.29) is 12.3 Å². The first-order valence-electron chi connectivity index (χ1n) is 9.29. The van der Waals surface area contributed by atoms with Gasteiger partial charge in [0.1, 0.15) is 0 Å². The first-order valence-corrected chi connectivity index (χ1v) is 9.29. The zero-order chi connectivity index (χ0) is 20.4. The lowest BCUT2D eigenvalue weighted by atomic mass is 9.95. The van der Waals surface area contributed by atoms with Gasteiger partial charge in [0.2, 0.25) is 5.91 Å². The molecule has 28 heavy (non-hydrogen) atoms. The van der Waals surface area contributed by atoms with Gasteiger partial charge in [-0.1, -0.05) is 36.4 Å². The molecule has 0 saturated carbocycles. The van der Waals surface area contributed by atoms with Crippen LogP contribution in [0.5, 0.6) is 0 Å². The number of carboxylic acids is 1. The molecule has 0 spiro atoms. The Morgan fingerprint density at radius 3 is 2.43 bits per heavy atom. The third kappa shape index (κ3) is 3.91. The van der Waals surface area contributed by atoms with E-state index < -0.39 is 17.9 Å². The molecular formula is C22H25N3O3.